The van der Waals surface area contributed by atoms with Crippen LogP contribution in [0.2, 0.25) is 0 Å². The van der Waals surface area contributed by atoms with Crippen LogP contribution in [-0.4, -0.2) is 39.4 Å². The van der Waals surface area contributed by atoms with Crippen molar-refractivity contribution in [3.8, 4) is 0 Å². The van der Waals surface area contributed by atoms with Crippen molar-refractivity contribution in [2.24, 2.45) is 0 Å². The van der Waals surface area contributed by atoms with Gasteiger partial charge in [-0.25, -0.2) is 9.97 Å². The van der Waals surface area contributed by atoms with Gasteiger partial charge < -0.3 is 10.2 Å². The van der Waals surface area contributed by atoms with Gasteiger partial charge in [-0.15, -0.1) is 0 Å². The number of anilines is 1. The molecule has 0 unspecified atom stereocenters. The first-order valence-electron chi connectivity index (χ1n) is 8.46. The Morgan fingerprint density at radius 1 is 1.04 bits per heavy atom. The molecule has 0 aliphatic rings. The van der Waals surface area contributed by atoms with Gasteiger partial charge in [0.2, 0.25) is 0 Å². The number of rotatable bonds is 7. The first kappa shape index (κ1) is 17.5. The van der Waals surface area contributed by atoms with Crippen LogP contribution in [0.3, 0.4) is 0 Å². The lowest BCUT2D eigenvalue weighted by molar-refractivity contribution is 0.0790. The second kappa shape index (κ2) is 8.71. The molecule has 6 nitrogen and oxygen atoms in total. The smallest absolute Gasteiger partial charge is 0.272 e. The fourth-order valence-electron chi connectivity index (χ4n) is 2.50. The van der Waals surface area contributed by atoms with E-state index >= 15 is 0 Å². The third kappa shape index (κ3) is 4.86. The van der Waals surface area contributed by atoms with Gasteiger partial charge in [-0.1, -0.05) is 30.3 Å². The molecule has 0 aliphatic carbocycles. The predicted octanol–water partition coefficient (Wildman–Crippen LogP) is 2.80. The van der Waals surface area contributed by atoms with Crippen LogP contribution in [0.4, 0.5) is 5.82 Å². The maximum Gasteiger partial charge on any atom is 0.272 e. The van der Waals surface area contributed by atoms with E-state index in [0.29, 0.717) is 24.6 Å². The van der Waals surface area contributed by atoms with Crippen LogP contribution in [-0.2, 0) is 13.0 Å². The lowest BCUT2D eigenvalue weighted by Gasteiger charge is -2.17. The van der Waals surface area contributed by atoms with Crippen LogP contribution in [0.25, 0.3) is 0 Å². The molecule has 26 heavy (non-hydrogen) atoms. The SMILES string of the molecule is CN(CCc1ccncc1)C(=O)c1cc(NCc2ccccc2)ncn1. The van der Waals surface area contributed by atoms with Gasteiger partial charge in [0.25, 0.3) is 5.91 Å². The monoisotopic (exact) mass is 347 g/mol. The molecule has 0 saturated carbocycles. The first-order chi connectivity index (χ1) is 12.7. The van der Waals surface area contributed by atoms with Crippen LogP contribution in [0.5, 0.6) is 0 Å². The number of likely N-dealkylation sites (N-methyl/N-ethyl adjacent to an activating group) is 1. The summed E-state index contributed by atoms with van der Waals surface area (Å²) in [5, 5.41) is 3.22. The zero-order valence-electron chi connectivity index (χ0n) is 14.7. The van der Waals surface area contributed by atoms with E-state index in [0.717, 1.165) is 17.5 Å². The van der Waals surface area contributed by atoms with E-state index in [-0.39, 0.29) is 5.91 Å². The zero-order valence-corrected chi connectivity index (χ0v) is 14.7. The summed E-state index contributed by atoms with van der Waals surface area (Å²) in [5.41, 5.74) is 2.67. The maximum atomic E-state index is 12.6. The summed E-state index contributed by atoms with van der Waals surface area (Å²) in [6.07, 6.45) is 5.70. The summed E-state index contributed by atoms with van der Waals surface area (Å²) in [6.45, 7) is 1.25. The van der Waals surface area contributed by atoms with Gasteiger partial charge in [-0.3, -0.25) is 9.78 Å². The Hall–Kier alpha value is -3.28. The highest BCUT2D eigenvalue weighted by molar-refractivity contribution is 5.92. The van der Waals surface area contributed by atoms with E-state index in [1.165, 1.54) is 6.33 Å². The van der Waals surface area contributed by atoms with Crippen molar-refractivity contribution in [1.82, 2.24) is 19.9 Å². The molecule has 2 heterocycles. The van der Waals surface area contributed by atoms with Gasteiger partial charge >= 0.3 is 0 Å². The van der Waals surface area contributed by atoms with E-state index < -0.39 is 0 Å². The Balaban J connectivity index is 1.58. The molecule has 0 fully saturated rings. The molecule has 0 atom stereocenters. The predicted molar refractivity (Wildman–Crippen MR) is 101 cm³/mol. The number of carbonyl (C=O) groups excluding carboxylic acids is 1. The highest BCUT2D eigenvalue weighted by atomic mass is 16.2. The van der Waals surface area contributed by atoms with E-state index in [2.05, 4.69) is 20.3 Å². The third-order valence-electron chi connectivity index (χ3n) is 4.03. The molecule has 1 amide bonds. The quantitative estimate of drug-likeness (QED) is 0.712. The number of hydrogen-bond acceptors (Lipinski definition) is 5. The Morgan fingerprint density at radius 2 is 1.81 bits per heavy atom. The lowest BCUT2D eigenvalue weighted by Crippen LogP contribution is -2.29. The number of amides is 1. The number of hydrogen-bond donors (Lipinski definition) is 1. The van der Waals surface area contributed by atoms with Crippen LogP contribution in [0.1, 0.15) is 21.6 Å². The molecule has 1 N–H and O–H groups in total. The van der Waals surface area contributed by atoms with Gasteiger partial charge in [0.15, 0.2) is 0 Å². The van der Waals surface area contributed by atoms with E-state index in [9.17, 15) is 4.79 Å². The van der Waals surface area contributed by atoms with Gasteiger partial charge in [0, 0.05) is 38.6 Å². The highest BCUT2D eigenvalue weighted by Gasteiger charge is 2.14. The molecule has 6 heteroatoms. The topological polar surface area (TPSA) is 71.0 Å². The van der Waals surface area contributed by atoms with Gasteiger partial charge in [-0.2, -0.15) is 0 Å². The van der Waals surface area contributed by atoms with E-state index in [1.54, 1.807) is 30.4 Å². The summed E-state index contributed by atoms with van der Waals surface area (Å²) in [4.78, 5) is 26.6. The van der Waals surface area contributed by atoms with Gasteiger partial charge in [0.05, 0.1) is 0 Å². The van der Waals surface area contributed by atoms with Crippen LogP contribution < -0.4 is 5.32 Å². The minimum atomic E-state index is -0.121. The number of nitrogens with zero attached hydrogens (tertiary/aromatic N) is 4. The number of aromatic nitrogens is 3. The van der Waals surface area contributed by atoms with Gasteiger partial charge in [-0.05, 0) is 29.7 Å². The molecule has 0 radical (unpaired) electrons. The Labute approximate surface area is 153 Å². The molecule has 1 aromatic carbocycles. The standard InChI is InChI=1S/C20H21N5O/c1-25(12-9-16-7-10-21-11-8-16)20(26)18-13-19(24-15-23-18)22-14-17-5-3-2-4-6-17/h2-8,10-11,13,15H,9,12,14H2,1H3,(H,22,23,24). The summed E-state index contributed by atoms with van der Waals surface area (Å²) in [7, 11) is 1.78. The first-order valence-corrected chi connectivity index (χ1v) is 8.46. The Morgan fingerprint density at radius 3 is 2.58 bits per heavy atom. The molecule has 2 aromatic heterocycles. The van der Waals surface area contributed by atoms with Crippen LogP contribution in [0, 0.1) is 0 Å². The summed E-state index contributed by atoms with van der Waals surface area (Å²) in [6, 6.07) is 15.6. The van der Waals surface area contributed by atoms with E-state index in [1.807, 2.05) is 42.5 Å². The third-order valence-corrected chi connectivity index (χ3v) is 4.03. The highest BCUT2D eigenvalue weighted by Crippen LogP contribution is 2.09. The average molecular weight is 347 g/mol. The van der Waals surface area contributed by atoms with Crippen LogP contribution >= 0.6 is 0 Å². The fraction of sp³-hybridized carbons (Fsp3) is 0.200. The van der Waals surface area contributed by atoms with Crippen molar-refractivity contribution in [3.05, 3.63) is 84.1 Å². The molecule has 132 valence electrons. The largest absolute Gasteiger partial charge is 0.366 e. The summed E-state index contributed by atoms with van der Waals surface area (Å²) in [5.74, 6) is 0.513. The number of benzene rings is 1. The molecular weight excluding hydrogens is 326 g/mol. The molecule has 0 spiro atoms. The van der Waals surface area contributed by atoms with Crippen molar-refractivity contribution in [2.75, 3.05) is 18.9 Å². The minimum absolute atomic E-state index is 0.121. The van der Waals surface area contributed by atoms with Crippen molar-refractivity contribution in [3.63, 3.8) is 0 Å². The number of pyridine rings is 1. The minimum Gasteiger partial charge on any atom is -0.366 e. The molecule has 3 aromatic rings. The Kier molecular flexibility index (Phi) is 5.88. The Bertz CT molecular complexity index is 839. The second-order valence-corrected chi connectivity index (χ2v) is 5.96. The van der Waals surface area contributed by atoms with E-state index in [4.69, 9.17) is 0 Å². The molecular formula is C20H21N5O. The maximum absolute atomic E-state index is 12.6. The van der Waals surface area contributed by atoms with Crippen molar-refractivity contribution < 1.29 is 4.79 Å². The fourth-order valence-corrected chi connectivity index (χ4v) is 2.50. The second-order valence-electron chi connectivity index (χ2n) is 5.96. The average Bonchev–Trinajstić information content (AvgIpc) is 2.71. The van der Waals surface area contributed by atoms with Crippen molar-refractivity contribution >= 4 is 11.7 Å². The van der Waals surface area contributed by atoms with Gasteiger partial charge in [0.1, 0.15) is 17.8 Å². The zero-order chi connectivity index (χ0) is 18.2. The molecule has 0 saturated heterocycles. The van der Waals surface area contributed by atoms with Crippen molar-refractivity contribution in [1.29, 1.82) is 0 Å². The van der Waals surface area contributed by atoms with Crippen LogP contribution in [0.15, 0.2) is 67.3 Å². The number of nitrogens with one attached hydrogen (secondary N) is 1. The molecule has 0 bridgehead atoms. The number of carbonyl (C=O) groups is 1. The lowest BCUT2D eigenvalue weighted by atomic mass is 10.2. The molecule has 0 aliphatic heterocycles. The van der Waals surface area contributed by atoms with Crippen molar-refractivity contribution in [2.45, 2.75) is 13.0 Å². The normalized spacial score (nSPS) is 10.3. The summed E-state index contributed by atoms with van der Waals surface area (Å²) < 4.78 is 0. The molecule has 3 rings (SSSR count). The summed E-state index contributed by atoms with van der Waals surface area (Å²) >= 11 is 0.